The van der Waals surface area contributed by atoms with Crippen molar-refractivity contribution in [1.82, 2.24) is 5.32 Å². The first kappa shape index (κ1) is 15.4. The van der Waals surface area contributed by atoms with Gasteiger partial charge in [0.05, 0.1) is 11.3 Å². The molecule has 0 heterocycles. The minimum atomic E-state index is -4.48. The summed E-state index contributed by atoms with van der Waals surface area (Å²) in [7, 11) is 0. The molecule has 0 saturated carbocycles. The van der Waals surface area contributed by atoms with Gasteiger partial charge in [-0.05, 0) is 24.4 Å². The first-order chi connectivity index (χ1) is 8.71. The van der Waals surface area contributed by atoms with Crippen molar-refractivity contribution >= 4 is 28.9 Å². The molecule has 3 nitrogen and oxygen atoms in total. The Morgan fingerprint density at radius 2 is 1.84 bits per heavy atom. The summed E-state index contributed by atoms with van der Waals surface area (Å²) in [4.78, 5) is 11.4. The van der Waals surface area contributed by atoms with E-state index in [0.29, 0.717) is 0 Å². The van der Waals surface area contributed by atoms with E-state index in [9.17, 15) is 18.0 Å². The van der Waals surface area contributed by atoms with Crippen LogP contribution < -0.4 is 10.6 Å². The molecule has 1 rings (SSSR count). The maximum Gasteiger partial charge on any atom is 0.418 e. The third kappa shape index (κ3) is 4.51. The zero-order valence-electron chi connectivity index (χ0n) is 10.3. The molecule has 0 unspecified atom stereocenters. The van der Waals surface area contributed by atoms with Crippen LogP contribution in [0.4, 0.5) is 18.9 Å². The largest absolute Gasteiger partial charge is 0.418 e. The van der Waals surface area contributed by atoms with Crippen molar-refractivity contribution in [3.8, 4) is 0 Å². The van der Waals surface area contributed by atoms with E-state index in [2.05, 4.69) is 10.6 Å². The molecule has 104 valence electrons. The highest BCUT2D eigenvalue weighted by atomic mass is 32.1. The summed E-state index contributed by atoms with van der Waals surface area (Å²) in [5.41, 5.74) is -1.03. The van der Waals surface area contributed by atoms with Crippen LogP contribution in [0.1, 0.15) is 19.4 Å². The molecule has 19 heavy (non-hydrogen) atoms. The van der Waals surface area contributed by atoms with Crippen molar-refractivity contribution in [3.05, 3.63) is 29.8 Å². The van der Waals surface area contributed by atoms with Crippen molar-refractivity contribution in [2.45, 2.75) is 20.0 Å². The van der Waals surface area contributed by atoms with Crippen LogP contribution >= 0.6 is 12.2 Å². The van der Waals surface area contributed by atoms with Crippen molar-refractivity contribution in [1.29, 1.82) is 0 Å². The van der Waals surface area contributed by atoms with Gasteiger partial charge in [0.25, 0.3) is 0 Å². The van der Waals surface area contributed by atoms with Gasteiger partial charge >= 0.3 is 6.18 Å². The average molecular weight is 290 g/mol. The summed E-state index contributed by atoms with van der Waals surface area (Å²) in [6.45, 7) is 3.31. The van der Waals surface area contributed by atoms with Gasteiger partial charge in [-0.2, -0.15) is 13.2 Å². The van der Waals surface area contributed by atoms with Crippen LogP contribution in [-0.4, -0.2) is 11.0 Å². The van der Waals surface area contributed by atoms with E-state index in [4.69, 9.17) is 12.2 Å². The van der Waals surface area contributed by atoms with Gasteiger partial charge in [-0.3, -0.25) is 4.79 Å². The topological polar surface area (TPSA) is 41.1 Å². The van der Waals surface area contributed by atoms with E-state index in [1.165, 1.54) is 18.2 Å². The molecule has 0 aliphatic heterocycles. The van der Waals surface area contributed by atoms with Gasteiger partial charge in [0, 0.05) is 5.92 Å². The standard InChI is InChI=1S/C12H13F3N2OS/c1-7(2)10(18)17-11(19)16-9-6-4-3-5-8(9)12(13,14)15/h3-7H,1-2H3,(H2,16,17,18,19). The molecule has 0 atom stereocenters. The Bertz CT molecular complexity index is 486. The van der Waals surface area contributed by atoms with E-state index < -0.39 is 11.7 Å². The van der Waals surface area contributed by atoms with Crippen molar-refractivity contribution in [2.75, 3.05) is 5.32 Å². The third-order valence-corrected chi connectivity index (χ3v) is 2.45. The Morgan fingerprint density at radius 3 is 2.37 bits per heavy atom. The zero-order valence-corrected chi connectivity index (χ0v) is 11.2. The molecule has 1 amide bonds. The molecule has 2 N–H and O–H groups in total. The molecule has 7 heteroatoms. The number of carbonyl (C=O) groups is 1. The highest BCUT2D eigenvalue weighted by molar-refractivity contribution is 7.80. The fourth-order valence-corrected chi connectivity index (χ4v) is 1.46. The number of alkyl halides is 3. The zero-order chi connectivity index (χ0) is 14.6. The van der Waals surface area contributed by atoms with Crippen molar-refractivity contribution in [3.63, 3.8) is 0 Å². The average Bonchev–Trinajstić information content (AvgIpc) is 2.27. The van der Waals surface area contributed by atoms with Crippen LogP contribution in [-0.2, 0) is 11.0 Å². The molecule has 0 saturated heterocycles. The lowest BCUT2D eigenvalue weighted by atomic mass is 10.1. The van der Waals surface area contributed by atoms with E-state index in [-0.39, 0.29) is 22.6 Å². The lowest BCUT2D eigenvalue weighted by Crippen LogP contribution is -2.37. The summed E-state index contributed by atoms with van der Waals surface area (Å²) < 4.78 is 38.2. The van der Waals surface area contributed by atoms with Crippen LogP contribution in [0.5, 0.6) is 0 Å². The second-order valence-corrected chi connectivity index (χ2v) is 4.55. The lowest BCUT2D eigenvalue weighted by Gasteiger charge is -2.15. The Balaban J connectivity index is 2.83. The quantitative estimate of drug-likeness (QED) is 0.822. The number of rotatable bonds is 2. The van der Waals surface area contributed by atoms with E-state index in [0.717, 1.165) is 6.07 Å². The minimum absolute atomic E-state index is 0.157. The lowest BCUT2D eigenvalue weighted by molar-refractivity contribution is -0.136. The molecule has 0 fully saturated rings. The van der Waals surface area contributed by atoms with Crippen LogP contribution in [0.15, 0.2) is 24.3 Å². The normalized spacial score (nSPS) is 11.3. The predicted molar refractivity (Wildman–Crippen MR) is 70.6 cm³/mol. The van der Waals surface area contributed by atoms with Crippen molar-refractivity contribution in [2.24, 2.45) is 5.92 Å². The monoisotopic (exact) mass is 290 g/mol. The van der Waals surface area contributed by atoms with E-state index in [1.54, 1.807) is 13.8 Å². The summed E-state index contributed by atoms with van der Waals surface area (Å²) >= 11 is 4.80. The Kier molecular flexibility index (Phi) is 4.88. The maximum absolute atomic E-state index is 12.7. The highest BCUT2D eigenvalue weighted by Crippen LogP contribution is 2.34. The highest BCUT2D eigenvalue weighted by Gasteiger charge is 2.33. The number of carbonyl (C=O) groups excluding carboxylic acids is 1. The molecule has 0 radical (unpaired) electrons. The summed E-state index contributed by atoms with van der Waals surface area (Å²) in [5.74, 6) is -0.667. The summed E-state index contributed by atoms with van der Waals surface area (Å²) in [6.07, 6.45) is -4.48. The molecule has 0 bridgehead atoms. The van der Waals surface area contributed by atoms with Gasteiger partial charge in [-0.15, -0.1) is 0 Å². The molecule has 0 aliphatic carbocycles. The number of nitrogens with one attached hydrogen (secondary N) is 2. The smallest absolute Gasteiger partial charge is 0.332 e. The maximum atomic E-state index is 12.7. The molecule has 0 aromatic heterocycles. The molecule has 0 aliphatic rings. The number of hydrogen-bond donors (Lipinski definition) is 2. The van der Waals surface area contributed by atoms with Gasteiger partial charge in [-0.1, -0.05) is 26.0 Å². The Hall–Kier alpha value is -1.63. The first-order valence-corrected chi connectivity index (χ1v) is 5.90. The second kappa shape index (κ2) is 6.01. The molecule has 1 aromatic carbocycles. The van der Waals surface area contributed by atoms with E-state index in [1.807, 2.05) is 0 Å². The molecular weight excluding hydrogens is 277 g/mol. The number of anilines is 1. The number of para-hydroxylation sites is 1. The van der Waals surface area contributed by atoms with Crippen LogP contribution in [0.25, 0.3) is 0 Å². The molecule has 0 spiro atoms. The fourth-order valence-electron chi connectivity index (χ4n) is 1.25. The van der Waals surface area contributed by atoms with Crippen molar-refractivity contribution < 1.29 is 18.0 Å². The first-order valence-electron chi connectivity index (χ1n) is 5.50. The second-order valence-electron chi connectivity index (χ2n) is 4.14. The molecule has 1 aromatic rings. The number of thiocarbonyl (C=S) groups is 1. The Morgan fingerprint density at radius 1 is 1.26 bits per heavy atom. The fraction of sp³-hybridized carbons (Fsp3) is 0.333. The van der Waals surface area contributed by atoms with Crippen LogP contribution in [0.3, 0.4) is 0 Å². The number of amides is 1. The third-order valence-electron chi connectivity index (χ3n) is 2.24. The predicted octanol–water partition coefficient (Wildman–Crippen LogP) is 3.17. The summed E-state index contributed by atoms with van der Waals surface area (Å²) in [5, 5.41) is 4.55. The van der Waals surface area contributed by atoms with Crippen LogP contribution in [0.2, 0.25) is 0 Å². The van der Waals surface area contributed by atoms with E-state index >= 15 is 0 Å². The van der Waals surface area contributed by atoms with Gasteiger partial charge in [0.1, 0.15) is 0 Å². The van der Waals surface area contributed by atoms with Gasteiger partial charge in [-0.25, -0.2) is 0 Å². The summed E-state index contributed by atoms with van der Waals surface area (Å²) in [6, 6.07) is 4.92. The van der Waals surface area contributed by atoms with Gasteiger partial charge in [0.15, 0.2) is 5.11 Å². The number of halogens is 3. The van der Waals surface area contributed by atoms with Crippen LogP contribution in [0, 0.1) is 5.92 Å². The van der Waals surface area contributed by atoms with Gasteiger partial charge in [0.2, 0.25) is 5.91 Å². The number of benzene rings is 1. The number of hydrogen-bond acceptors (Lipinski definition) is 2. The minimum Gasteiger partial charge on any atom is -0.332 e. The SMILES string of the molecule is CC(C)C(=O)NC(=S)Nc1ccccc1C(F)(F)F. The van der Waals surface area contributed by atoms with Gasteiger partial charge < -0.3 is 10.6 Å². The molecular formula is C12H13F3N2OS. The Labute approximate surface area is 114 Å².